The van der Waals surface area contributed by atoms with Gasteiger partial charge in [-0.05, 0) is 0 Å². The summed E-state index contributed by atoms with van der Waals surface area (Å²) in [7, 11) is 0. The van der Waals surface area contributed by atoms with Crippen molar-refractivity contribution in [1.82, 2.24) is 9.78 Å². The van der Waals surface area contributed by atoms with E-state index in [1.54, 1.807) is 6.20 Å². The first-order chi connectivity index (χ1) is 4.88. The molecule has 1 radical (unpaired) electrons. The fourth-order valence-electron chi connectivity index (χ4n) is 0.668. The van der Waals surface area contributed by atoms with Crippen LogP contribution in [0.5, 0.6) is 0 Å². The van der Waals surface area contributed by atoms with Crippen LogP contribution >= 0.6 is 0 Å². The first-order valence-electron chi connectivity index (χ1n) is 3.00. The third-order valence-corrected chi connectivity index (χ3v) is 1.27. The molecule has 0 atom stereocenters. The van der Waals surface area contributed by atoms with E-state index < -0.39 is 0 Å². The van der Waals surface area contributed by atoms with Gasteiger partial charge in [-0.15, -0.1) is 0 Å². The van der Waals surface area contributed by atoms with Crippen LogP contribution in [0.15, 0.2) is 12.4 Å². The van der Waals surface area contributed by atoms with Crippen molar-refractivity contribution < 1.29 is 10.2 Å². The molecule has 1 rings (SSSR count). The molecule has 0 saturated heterocycles. The van der Waals surface area contributed by atoms with Crippen LogP contribution < -0.4 is 0 Å². The molecule has 1 aromatic heterocycles. The van der Waals surface area contributed by atoms with Crippen molar-refractivity contribution >= 4 is 0 Å². The SMILES string of the molecule is OCC(CO)n1c[c]cn1. The van der Waals surface area contributed by atoms with Crippen LogP contribution in [0.1, 0.15) is 6.04 Å². The molecule has 4 heteroatoms. The van der Waals surface area contributed by atoms with E-state index in [-0.39, 0.29) is 19.3 Å². The van der Waals surface area contributed by atoms with Crippen LogP contribution in [-0.2, 0) is 0 Å². The van der Waals surface area contributed by atoms with Crippen molar-refractivity contribution in [3.05, 3.63) is 18.5 Å². The highest BCUT2D eigenvalue weighted by atomic mass is 16.3. The van der Waals surface area contributed by atoms with E-state index in [9.17, 15) is 0 Å². The normalized spacial score (nSPS) is 10.7. The second kappa shape index (κ2) is 3.34. The van der Waals surface area contributed by atoms with E-state index in [2.05, 4.69) is 11.2 Å². The van der Waals surface area contributed by atoms with E-state index in [1.807, 2.05) is 0 Å². The molecule has 2 N–H and O–H groups in total. The summed E-state index contributed by atoms with van der Waals surface area (Å²) >= 11 is 0. The Morgan fingerprint density at radius 3 is 2.60 bits per heavy atom. The van der Waals surface area contributed by atoms with Gasteiger partial charge in [-0.2, -0.15) is 5.10 Å². The minimum Gasteiger partial charge on any atom is -0.394 e. The molecular weight excluding hydrogens is 132 g/mol. The molecule has 1 aromatic rings. The Hall–Kier alpha value is -0.870. The maximum absolute atomic E-state index is 8.66. The van der Waals surface area contributed by atoms with Crippen molar-refractivity contribution in [3.63, 3.8) is 0 Å². The molecule has 0 bridgehead atoms. The minimum atomic E-state index is -0.328. The molecule has 0 aliphatic carbocycles. The van der Waals surface area contributed by atoms with Crippen LogP contribution in [0.25, 0.3) is 0 Å². The molecule has 0 aliphatic heterocycles. The smallest absolute Gasteiger partial charge is 0.0980 e. The quantitative estimate of drug-likeness (QED) is 0.580. The summed E-state index contributed by atoms with van der Waals surface area (Å²) < 4.78 is 1.47. The minimum absolute atomic E-state index is 0.105. The average Bonchev–Trinajstić information content (AvgIpc) is 2.43. The average molecular weight is 141 g/mol. The van der Waals surface area contributed by atoms with Crippen molar-refractivity contribution in [1.29, 1.82) is 0 Å². The molecule has 55 valence electrons. The molecule has 0 saturated carbocycles. The van der Waals surface area contributed by atoms with Crippen LogP contribution in [0.2, 0.25) is 0 Å². The summed E-state index contributed by atoms with van der Waals surface area (Å²) in [5.41, 5.74) is 0. The monoisotopic (exact) mass is 141 g/mol. The van der Waals surface area contributed by atoms with Gasteiger partial charge in [0.05, 0.1) is 25.5 Å². The number of aromatic nitrogens is 2. The van der Waals surface area contributed by atoms with Crippen LogP contribution in [0, 0.1) is 6.07 Å². The highest BCUT2D eigenvalue weighted by molar-refractivity contribution is 4.78. The van der Waals surface area contributed by atoms with Gasteiger partial charge in [0, 0.05) is 12.3 Å². The Kier molecular flexibility index (Phi) is 2.42. The van der Waals surface area contributed by atoms with E-state index in [0.717, 1.165) is 0 Å². The van der Waals surface area contributed by atoms with Crippen LogP contribution in [0.4, 0.5) is 0 Å². The number of aliphatic hydroxyl groups is 2. The number of nitrogens with zero attached hydrogens (tertiary/aromatic N) is 2. The molecule has 0 amide bonds. The fraction of sp³-hybridized carbons (Fsp3) is 0.500. The van der Waals surface area contributed by atoms with Gasteiger partial charge < -0.3 is 10.2 Å². The second-order valence-electron chi connectivity index (χ2n) is 1.94. The Balaban J connectivity index is 2.64. The summed E-state index contributed by atoms with van der Waals surface area (Å²) in [5.74, 6) is 0. The van der Waals surface area contributed by atoms with Gasteiger partial charge in [0.25, 0.3) is 0 Å². The predicted molar refractivity (Wildman–Crippen MR) is 34.3 cm³/mol. The lowest BCUT2D eigenvalue weighted by Gasteiger charge is -2.09. The number of hydrogen-bond donors (Lipinski definition) is 2. The molecule has 1 heterocycles. The highest BCUT2D eigenvalue weighted by Crippen LogP contribution is 1.99. The summed E-state index contributed by atoms with van der Waals surface area (Å²) in [6.07, 6.45) is 3.06. The standard InChI is InChI=1S/C6H9N2O2/c9-4-6(5-10)8-3-1-2-7-8/h2-3,6,9-10H,4-5H2. The summed E-state index contributed by atoms with van der Waals surface area (Å²) in [6.45, 7) is -0.210. The Morgan fingerprint density at radius 1 is 1.50 bits per heavy atom. The summed E-state index contributed by atoms with van der Waals surface area (Å²) in [5, 5.41) is 21.1. The molecule has 0 fully saturated rings. The number of rotatable bonds is 3. The molecule has 0 unspecified atom stereocenters. The van der Waals surface area contributed by atoms with Crippen molar-refractivity contribution in [2.24, 2.45) is 0 Å². The lowest BCUT2D eigenvalue weighted by molar-refractivity contribution is 0.146. The Labute approximate surface area is 58.7 Å². The van der Waals surface area contributed by atoms with Crippen LogP contribution in [-0.4, -0.2) is 33.2 Å². The molecule has 0 aliphatic rings. The first kappa shape index (κ1) is 7.24. The third-order valence-electron chi connectivity index (χ3n) is 1.27. The predicted octanol–water partition coefficient (Wildman–Crippen LogP) is -0.791. The van der Waals surface area contributed by atoms with Gasteiger partial charge in [-0.1, -0.05) is 0 Å². The van der Waals surface area contributed by atoms with Gasteiger partial charge in [-0.3, -0.25) is 4.68 Å². The largest absolute Gasteiger partial charge is 0.394 e. The Bertz CT molecular complexity index is 170. The van der Waals surface area contributed by atoms with Gasteiger partial charge in [-0.25, -0.2) is 0 Å². The third kappa shape index (κ3) is 1.34. The zero-order valence-corrected chi connectivity index (χ0v) is 5.44. The van der Waals surface area contributed by atoms with Crippen LogP contribution in [0.3, 0.4) is 0 Å². The van der Waals surface area contributed by atoms with Gasteiger partial charge in [0.1, 0.15) is 0 Å². The van der Waals surface area contributed by atoms with Crippen molar-refractivity contribution in [2.45, 2.75) is 6.04 Å². The van der Waals surface area contributed by atoms with Gasteiger partial charge >= 0.3 is 0 Å². The molecule has 4 nitrogen and oxygen atoms in total. The van der Waals surface area contributed by atoms with E-state index in [4.69, 9.17) is 10.2 Å². The van der Waals surface area contributed by atoms with Gasteiger partial charge in [0.2, 0.25) is 0 Å². The number of hydrogen-bond acceptors (Lipinski definition) is 3. The highest BCUT2D eigenvalue weighted by Gasteiger charge is 2.06. The number of aliphatic hydroxyl groups excluding tert-OH is 2. The lowest BCUT2D eigenvalue weighted by Crippen LogP contribution is -2.17. The van der Waals surface area contributed by atoms with E-state index >= 15 is 0 Å². The molecule has 0 spiro atoms. The fourth-order valence-corrected chi connectivity index (χ4v) is 0.668. The lowest BCUT2D eigenvalue weighted by atomic mass is 10.3. The van der Waals surface area contributed by atoms with Crippen molar-refractivity contribution in [2.75, 3.05) is 13.2 Å². The zero-order chi connectivity index (χ0) is 7.40. The van der Waals surface area contributed by atoms with Gasteiger partial charge in [0.15, 0.2) is 0 Å². The zero-order valence-electron chi connectivity index (χ0n) is 5.44. The molecular formula is C6H9N2O2. The topological polar surface area (TPSA) is 58.3 Å². The molecule has 0 aromatic carbocycles. The maximum atomic E-state index is 8.66. The van der Waals surface area contributed by atoms with E-state index in [0.29, 0.717) is 0 Å². The van der Waals surface area contributed by atoms with Crippen molar-refractivity contribution in [3.8, 4) is 0 Å². The van der Waals surface area contributed by atoms with E-state index in [1.165, 1.54) is 10.9 Å². The maximum Gasteiger partial charge on any atom is 0.0980 e. The second-order valence-corrected chi connectivity index (χ2v) is 1.94. The molecule has 10 heavy (non-hydrogen) atoms. The summed E-state index contributed by atoms with van der Waals surface area (Å²) in [4.78, 5) is 0. The summed E-state index contributed by atoms with van der Waals surface area (Å²) in [6, 6.07) is 2.38. The Morgan fingerprint density at radius 2 is 2.20 bits per heavy atom. The first-order valence-corrected chi connectivity index (χ1v) is 3.00.